The Hall–Kier alpha value is -2.18. The number of rotatable bonds is 3. The Morgan fingerprint density at radius 3 is 2.65 bits per heavy atom. The maximum atomic E-state index is 13.1. The first-order valence-corrected chi connectivity index (χ1v) is 7.77. The monoisotopic (exact) mass is 393 g/mol. The number of nitrogens with one attached hydrogen (secondary N) is 1. The minimum Gasteiger partial charge on any atom is -0.322 e. The molecule has 0 unspecified atom stereocenters. The van der Waals surface area contributed by atoms with Crippen molar-refractivity contribution in [2.24, 2.45) is 0 Å². The summed E-state index contributed by atoms with van der Waals surface area (Å²) >= 11 is 9.06. The van der Waals surface area contributed by atoms with Gasteiger partial charge in [0.05, 0.1) is 22.5 Å². The van der Waals surface area contributed by atoms with Gasteiger partial charge in [-0.25, -0.2) is 9.07 Å². The summed E-state index contributed by atoms with van der Waals surface area (Å²) in [5, 5.41) is 6.77. The maximum absolute atomic E-state index is 13.1. The van der Waals surface area contributed by atoms with Gasteiger partial charge in [0.25, 0.3) is 5.91 Å². The first-order chi connectivity index (χ1) is 11.0. The van der Waals surface area contributed by atoms with Crippen LogP contribution in [0.1, 0.15) is 10.4 Å². The van der Waals surface area contributed by atoms with E-state index in [1.54, 1.807) is 10.9 Å². The number of halogens is 3. The molecule has 0 aliphatic rings. The van der Waals surface area contributed by atoms with Crippen molar-refractivity contribution in [1.29, 1.82) is 0 Å². The average Bonchev–Trinajstić information content (AvgIpc) is 3.02. The lowest BCUT2D eigenvalue weighted by Crippen LogP contribution is -2.11. The van der Waals surface area contributed by atoms with E-state index in [4.69, 9.17) is 11.6 Å². The third-order valence-corrected chi connectivity index (χ3v) is 3.93. The third-order valence-electron chi connectivity index (χ3n) is 3.11. The summed E-state index contributed by atoms with van der Waals surface area (Å²) in [6.07, 6.45) is 3.08. The molecule has 0 radical (unpaired) electrons. The predicted octanol–water partition coefficient (Wildman–Crippen LogP) is 4.68. The zero-order valence-electron chi connectivity index (χ0n) is 11.6. The first-order valence-electron chi connectivity index (χ1n) is 6.60. The third kappa shape index (κ3) is 3.60. The van der Waals surface area contributed by atoms with Crippen molar-refractivity contribution in [3.8, 4) is 5.69 Å². The number of hydrogen-bond donors (Lipinski definition) is 1. The molecule has 23 heavy (non-hydrogen) atoms. The summed E-state index contributed by atoms with van der Waals surface area (Å²) in [4.78, 5) is 12.2. The summed E-state index contributed by atoms with van der Waals surface area (Å²) < 4.78 is 15.7. The van der Waals surface area contributed by atoms with Crippen molar-refractivity contribution in [2.45, 2.75) is 0 Å². The Bertz CT molecular complexity index is 864. The minimum atomic E-state index is -0.535. The highest BCUT2D eigenvalue weighted by atomic mass is 79.9. The van der Waals surface area contributed by atoms with Crippen molar-refractivity contribution in [3.05, 3.63) is 75.7 Å². The molecule has 0 bridgehead atoms. The number of anilines is 1. The normalized spacial score (nSPS) is 10.6. The van der Waals surface area contributed by atoms with Crippen molar-refractivity contribution >= 4 is 39.1 Å². The van der Waals surface area contributed by atoms with Gasteiger partial charge in [0, 0.05) is 16.4 Å². The average molecular weight is 395 g/mol. The van der Waals surface area contributed by atoms with Gasteiger partial charge in [-0.05, 0) is 42.5 Å². The summed E-state index contributed by atoms with van der Waals surface area (Å²) in [5.74, 6) is -0.885. The van der Waals surface area contributed by atoms with Gasteiger partial charge in [-0.1, -0.05) is 27.5 Å². The molecule has 1 aromatic heterocycles. The molecule has 0 fully saturated rings. The van der Waals surface area contributed by atoms with Crippen LogP contribution in [0.15, 0.2) is 59.3 Å². The second-order valence-electron chi connectivity index (χ2n) is 4.73. The molecule has 1 heterocycles. The van der Waals surface area contributed by atoms with E-state index < -0.39 is 5.82 Å². The molecule has 0 saturated carbocycles. The molecule has 4 nitrogen and oxygen atoms in total. The van der Waals surface area contributed by atoms with Gasteiger partial charge in [0.15, 0.2) is 0 Å². The first kappa shape index (κ1) is 15.7. The number of carbonyl (C=O) groups is 1. The van der Waals surface area contributed by atoms with Crippen LogP contribution in [0, 0.1) is 5.82 Å². The summed E-state index contributed by atoms with van der Waals surface area (Å²) in [5.41, 5.74) is 1.63. The van der Waals surface area contributed by atoms with Crippen molar-refractivity contribution in [2.75, 3.05) is 5.32 Å². The molecule has 3 aromatic rings. The number of aromatic nitrogens is 2. The molecule has 1 amide bonds. The number of nitrogens with zero attached hydrogens (tertiary/aromatic N) is 2. The number of benzene rings is 2. The Labute approximate surface area is 145 Å². The van der Waals surface area contributed by atoms with Gasteiger partial charge in [-0.3, -0.25) is 4.79 Å². The Kier molecular flexibility index (Phi) is 4.45. The second kappa shape index (κ2) is 6.52. The SMILES string of the molecule is O=C(Nc1ccc(F)c(Cl)c1)c1cnn(-c2ccc(Br)cc2)c1. The molecule has 2 aromatic carbocycles. The van der Waals surface area contributed by atoms with E-state index in [9.17, 15) is 9.18 Å². The molecule has 7 heteroatoms. The van der Waals surface area contributed by atoms with Crippen LogP contribution in [0.5, 0.6) is 0 Å². The Balaban J connectivity index is 1.78. The van der Waals surface area contributed by atoms with Crippen molar-refractivity contribution in [3.63, 3.8) is 0 Å². The molecule has 0 saturated heterocycles. The molecular weight excluding hydrogens is 385 g/mol. The van der Waals surface area contributed by atoms with Crippen LogP contribution in [0.2, 0.25) is 5.02 Å². The number of hydrogen-bond acceptors (Lipinski definition) is 2. The van der Waals surface area contributed by atoms with E-state index in [2.05, 4.69) is 26.3 Å². The molecule has 3 rings (SSSR count). The second-order valence-corrected chi connectivity index (χ2v) is 6.06. The molecule has 0 spiro atoms. The summed E-state index contributed by atoms with van der Waals surface area (Å²) in [7, 11) is 0. The summed E-state index contributed by atoms with van der Waals surface area (Å²) in [6.45, 7) is 0. The van der Waals surface area contributed by atoms with Crippen LogP contribution < -0.4 is 5.32 Å². The standard InChI is InChI=1S/C16H10BrClFN3O/c17-11-1-4-13(5-2-11)22-9-10(8-20-22)16(23)21-12-3-6-15(19)14(18)7-12/h1-9H,(H,21,23). The van der Waals surface area contributed by atoms with Gasteiger partial charge in [-0.15, -0.1) is 0 Å². The molecule has 0 atom stereocenters. The van der Waals surface area contributed by atoms with Gasteiger partial charge >= 0.3 is 0 Å². The van der Waals surface area contributed by atoms with E-state index in [1.807, 2.05) is 24.3 Å². The Morgan fingerprint density at radius 2 is 1.96 bits per heavy atom. The van der Waals surface area contributed by atoms with Gasteiger partial charge in [0.1, 0.15) is 5.82 Å². The zero-order chi connectivity index (χ0) is 16.4. The van der Waals surface area contributed by atoms with Crippen LogP contribution in [0.3, 0.4) is 0 Å². The smallest absolute Gasteiger partial charge is 0.258 e. The lowest BCUT2D eigenvalue weighted by molar-refractivity contribution is 0.102. The Morgan fingerprint density at radius 1 is 1.22 bits per heavy atom. The number of carbonyl (C=O) groups excluding carboxylic acids is 1. The van der Waals surface area contributed by atoms with E-state index >= 15 is 0 Å². The van der Waals surface area contributed by atoms with Crippen LogP contribution in [-0.2, 0) is 0 Å². The topological polar surface area (TPSA) is 46.9 Å². The van der Waals surface area contributed by atoms with Crippen molar-refractivity contribution < 1.29 is 9.18 Å². The fourth-order valence-electron chi connectivity index (χ4n) is 1.95. The lowest BCUT2D eigenvalue weighted by Gasteiger charge is -2.04. The molecular formula is C16H10BrClFN3O. The fourth-order valence-corrected chi connectivity index (χ4v) is 2.40. The molecule has 1 N–H and O–H groups in total. The highest BCUT2D eigenvalue weighted by molar-refractivity contribution is 9.10. The zero-order valence-corrected chi connectivity index (χ0v) is 14.0. The van der Waals surface area contributed by atoms with Gasteiger partial charge in [0.2, 0.25) is 0 Å². The molecule has 116 valence electrons. The highest BCUT2D eigenvalue weighted by Crippen LogP contribution is 2.20. The van der Waals surface area contributed by atoms with E-state index in [-0.39, 0.29) is 10.9 Å². The predicted molar refractivity (Wildman–Crippen MR) is 90.6 cm³/mol. The van der Waals surface area contributed by atoms with Crippen LogP contribution in [0.4, 0.5) is 10.1 Å². The van der Waals surface area contributed by atoms with Crippen LogP contribution in [0.25, 0.3) is 5.69 Å². The van der Waals surface area contributed by atoms with Gasteiger partial charge < -0.3 is 5.32 Å². The van der Waals surface area contributed by atoms with Crippen LogP contribution in [-0.4, -0.2) is 15.7 Å². The quantitative estimate of drug-likeness (QED) is 0.701. The van der Waals surface area contributed by atoms with Crippen LogP contribution >= 0.6 is 27.5 Å². The van der Waals surface area contributed by atoms with E-state index in [0.29, 0.717) is 11.3 Å². The molecule has 0 aliphatic heterocycles. The lowest BCUT2D eigenvalue weighted by atomic mass is 10.2. The maximum Gasteiger partial charge on any atom is 0.258 e. The van der Waals surface area contributed by atoms with Gasteiger partial charge in [-0.2, -0.15) is 5.10 Å². The molecule has 0 aliphatic carbocycles. The van der Waals surface area contributed by atoms with E-state index in [0.717, 1.165) is 10.2 Å². The number of amides is 1. The highest BCUT2D eigenvalue weighted by Gasteiger charge is 2.11. The van der Waals surface area contributed by atoms with E-state index in [1.165, 1.54) is 24.4 Å². The fraction of sp³-hybridized carbons (Fsp3) is 0. The summed E-state index contributed by atoms with van der Waals surface area (Å²) in [6, 6.07) is 11.5. The largest absolute Gasteiger partial charge is 0.322 e. The van der Waals surface area contributed by atoms with Crippen molar-refractivity contribution in [1.82, 2.24) is 9.78 Å². The minimum absolute atomic E-state index is 0.0478.